The van der Waals surface area contributed by atoms with Crippen LogP contribution in [0.2, 0.25) is 40.2 Å². The highest BCUT2D eigenvalue weighted by Gasteiger charge is 2.38. The van der Waals surface area contributed by atoms with Gasteiger partial charge >= 0.3 is 5.97 Å². The van der Waals surface area contributed by atoms with E-state index in [4.69, 9.17) is 115 Å². The number of hydrogen-bond donors (Lipinski definition) is 10. The van der Waals surface area contributed by atoms with Gasteiger partial charge in [-0.2, -0.15) is 55.4 Å². The zero-order valence-electron chi connectivity index (χ0n) is 56.0. The summed E-state index contributed by atoms with van der Waals surface area (Å²) in [5, 5.41) is 46.5. The van der Waals surface area contributed by atoms with E-state index in [1.54, 1.807) is 89.6 Å². The van der Waals surface area contributed by atoms with Gasteiger partial charge < -0.3 is 58.4 Å². The molecule has 43 heteroatoms. The Morgan fingerprint density at radius 3 is 1.25 bits per heavy atom. The van der Waals surface area contributed by atoms with Gasteiger partial charge in [0.15, 0.2) is 34.6 Å². The lowest BCUT2D eigenvalue weighted by molar-refractivity contribution is -0.133. The number of nitrogens with one attached hydrogen (secondary N) is 6. The Kier molecular flexibility index (Phi) is 23.9. The molecule has 4 aromatic carbocycles. The van der Waals surface area contributed by atoms with E-state index in [1.807, 2.05) is 90.3 Å². The Balaban J connectivity index is 0.000000132. The van der Waals surface area contributed by atoms with Crippen LogP contribution >= 0.6 is 140 Å². The first-order chi connectivity index (χ1) is 51.9. The van der Waals surface area contributed by atoms with Gasteiger partial charge in [-0.1, -0.05) is 132 Å². The summed E-state index contributed by atoms with van der Waals surface area (Å²) in [5.41, 5.74) is 27.9. The lowest BCUT2D eigenvalue weighted by Crippen LogP contribution is -2.31. The van der Waals surface area contributed by atoms with Crippen LogP contribution in [-0.2, 0) is 16.6 Å². The molecule has 0 saturated carbocycles. The number of aliphatic carboxylic acids is 1. The Morgan fingerprint density at radius 2 is 0.827 bits per heavy atom. The zero-order valence-corrected chi connectivity index (χ0v) is 65.3. The fourth-order valence-electron chi connectivity index (χ4n) is 12.3. The number of imidazole rings is 2. The zero-order chi connectivity index (χ0) is 76.1. The first-order valence-corrected chi connectivity index (χ1v) is 37.5. The van der Waals surface area contributed by atoms with Gasteiger partial charge in [0.05, 0.1) is 123 Å². The number of H-pyrrole nitrogens is 1. The molecule has 4 aliphatic rings. The van der Waals surface area contributed by atoms with Crippen molar-refractivity contribution in [2.75, 3.05) is 43.8 Å². The van der Waals surface area contributed by atoms with Crippen LogP contribution < -0.4 is 43.8 Å². The van der Waals surface area contributed by atoms with Crippen LogP contribution in [0.5, 0.6) is 0 Å². The molecule has 0 spiro atoms. The summed E-state index contributed by atoms with van der Waals surface area (Å²) in [6.45, 7) is 7.58. The molecule has 4 unspecified atom stereocenters. The van der Waals surface area contributed by atoms with E-state index in [2.05, 4.69) is 91.9 Å². The molecule has 0 saturated heterocycles. The van der Waals surface area contributed by atoms with Crippen molar-refractivity contribution in [2.24, 2.45) is 7.05 Å². The number of carbonyl (C=O) groups is 2. The van der Waals surface area contributed by atoms with Crippen molar-refractivity contribution in [3.63, 3.8) is 0 Å². The molecule has 110 heavy (non-hydrogen) atoms. The molecule has 18 rings (SSSR count). The Bertz CT molecular complexity index is 5910. The number of carboxylic acid groups (broad SMARTS) is 1. The van der Waals surface area contributed by atoms with E-state index in [-0.39, 0.29) is 50.1 Å². The summed E-state index contributed by atoms with van der Waals surface area (Å²) < 4.78 is 41.2. The number of nitrogens with two attached hydrogens (primary N) is 3. The highest BCUT2D eigenvalue weighted by molar-refractivity contribution is 7.00. The second-order valence-corrected chi connectivity index (χ2v) is 29.2. The van der Waals surface area contributed by atoms with Gasteiger partial charge in [-0.3, -0.25) is 4.79 Å². The minimum absolute atomic E-state index is 0. The summed E-state index contributed by atoms with van der Waals surface area (Å²) in [6.07, 6.45) is 6.80. The molecule has 31 nitrogen and oxygen atoms in total. The number of aromatic amines is 1. The lowest BCUT2D eigenvalue weighted by Gasteiger charge is -2.30. The molecule has 0 bridgehead atoms. The molecule has 13 N–H and O–H groups in total. The molecule has 0 aliphatic carbocycles. The largest absolute Gasteiger partial charge is 0.478 e. The van der Waals surface area contributed by atoms with E-state index in [1.165, 1.54) is 0 Å². The van der Waals surface area contributed by atoms with Crippen LogP contribution in [0.15, 0.2) is 156 Å². The van der Waals surface area contributed by atoms with Gasteiger partial charge in [-0.25, -0.2) is 33.5 Å². The fraction of sp³-hybridized carbons (Fsp3) is 0.164. The number of nitrogen functional groups attached to an aromatic ring is 3. The van der Waals surface area contributed by atoms with Crippen LogP contribution in [0.4, 0.5) is 46.5 Å². The molecule has 0 fully saturated rings. The van der Waals surface area contributed by atoms with Crippen LogP contribution in [0.25, 0.3) is 33.7 Å². The summed E-state index contributed by atoms with van der Waals surface area (Å²) in [4.78, 5) is 37.3. The first kappa shape index (κ1) is 79.3. The molecule has 4 atom stereocenters. The highest BCUT2D eigenvalue weighted by Crippen LogP contribution is 2.46. The molecule has 4 aliphatic heterocycles. The number of halogens is 8. The fourth-order valence-corrected chi connectivity index (χ4v) is 15.3. The van der Waals surface area contributed by atoms with Crippen molar-refractivity contribution in [3.8, 4) is 0 Å². The third kappa shape index (κ3) is 15.6. The monoisotopic (exact) mass is 1710 g/mol. The second-order valence-electron chi connectivity index (χ2n) is 23.8. The molecule has 566 valence electrons. The van der Waals surface area contributed by atoms with Crippen molar-refractivity contribution >= 4 is 232 Å². The van der Waals surface area contributed by atoms with Crippen LogP contribution in [-0.4, -0.2) is 111 Å². The average Bonchev–Trinajstić information content (AvgIpc) is 1.58. The normalized spacial score (nSPS) is 15.9. The predicted molar refractivity (Wildman–Crippen MR) is 439 cm³/mol. The van der Waals surface area contributed by atoms with Gasteiger partial charge in [-0.15, -0.1) is 0 Å². The Hall–Kier alpha value is -10.3. The van der Waals surface area contributed by atoms with Crippen molar-refractivity contribution in [1.82, 2.24) is 93.6 Å². The summed E-state index contributed by atoms with van der Waals surface area (Å²) in [6, 6.07) is 27.5. The SMILES string of the molecule is C.C.CC1=C(C(=O)Nc2nsnc2N)C(c2ccc(Cl)c(Cl)c2)n2nccc2N1.CC1=C(C(=O)O)C(c2ccc(Cl)c(Cl)c2)n2nccc2N1.CC1=C(c2nc3nsnc3[nH]2)C(c2ccc(Cl)c(Cl)c2)n2nccc2N1.CC1=C(c2nc3nsnc3n2C)C(c2ccc(Cl)c(Cl)c2)n2nccc2N1.Nc1nsnc1N. The van der Waals surface area contributed by atoms with Gasteiger partial charge in [0, 0.05) is 65.2 Å². The number of nitrogens with zero attached hydrogens (tertiary/aromatic N) is 19. The second kappa shape index (κ2) is 33.1. The van der Waals surface area contributed by atoms with Crippen molar-refractivity contribution in [3.05, 3.63) is 230 Å². The van der Waals surface area contributed by atoms with E-state index in [0.29, 0.717) is 97.1 Å². The molecule has 10 aromatic heterocycles. The van der Waals surface area contributed by atoms with Crippen molar-refractivity contribution in [2.45, 2.75) is 66.7 Å². The standard InChI is InChI=1S/C17H13Cl2N7S.C16H13Cl2N7OS.C16H11Cl2N7S.C14H11Cl2N3O2.C2H4N4S.2CH4/c1-8-13(16-22-15-17(25(16)2)24-27-23-15)14(26-12(21-8)5-6-20-26)9-3-4-10(18)11(19)7-9;1-7-12(16(26)22-15-14(19)23-27-24-15)13(25-11(21-7)4-5-20-25)8-2-3-9(17)10(18)6-8;1-7-12(14-21-15-16(22-14)24-26-23-15)13(25-11(20-7)4-5-19-25)8-2-3-9(17)10(18)6-8;1-7-12(14(20)21)13(19-11(18-7)4-5-17-19)8-2-3-9(15)10(16)6-8;3-1-2(4)6-7-5-1;;/h3-7,14,21H,1-2H3;2-6,13,21H,1H3,(H2,19,23)(H,22,24,26);2-6,13,20H,1H3,(H,21,22,23,24);2-6,13,18H,1H3,(H,20,21);(H2,3,5)(H2,4,6);2*1H4. The minimum Gasteiger partial charge on any atom is -0.478 e. The molecular weight excluding hydrogens is 1660 g/mol. The average molecular weight is 1720 g/mol. The first-order valence-electron chi connectivity index (χ1n) is 31.6. The van der Waals surface area contributed by atoms with Gasteiger partial charge in [-0.05, 0) is 98.5 Å². The number of aromatic nitrogens is 20. The highest BCUT2D eigenvalue weighted by atomic mass is 35.5. The maximum atomic E-state index is 13.1. The summed E-state index contributed by atoms with van der Waals surface area (Å²) in [5.74, 6) is 4.45. The van der Waals surface area contributed by atoms with E-state index >= 15 is 0 Å². The van der Waals surface area contributed by atoms with Gasteiger partial charge in [0.1, 0.15) is 59.1 Å². The lowest BCUT2D eigenvalue weighted by atomic mass is 9.95. The van der Waals surface area contributed by atoms with Crippen molar-refractivity contribution < 1.29 is 14.7 Å². The smallest absolute Gasteiger partial charge is 0.335 e. The Labute approximate surface area is 682 Å². The third-order valence-corrected chi connectivity index (χ3v) is 22.2. The number of carbonyl (C=O) groups excluding carboxylic acids is 1. The van der Waals surface area contributed by atoms with E-state index < -0.39 is 18.1 Å². The number of hydrogen-bond acceptors (Lipinski definition) is 27. The number of benzene rings is 4. The van der Waals surface area contributed by atoms with Gasteiger partial charge in [0.25, 0.3) is 5.91 Å². The predicted octanol–water partition coefficient (Wildman–Crippen LogP) is 16.8. The molecule has 0 radical (unpaired) electrons. The topological polar surface area (TPSA) is 413 Å². The number of aryl methyl sites for hydroxylation is 1. The van der Waals surface area contributed by atoms with Crippen LogP contribution in [0.1, 0.15) is 101 Å². The molecule has 14 heterocycles. The third-order valence-electron chi connectivity index (χ3n) is 17.2. The summed E-state index contributed by atoms with van der Waals surface area (Å²) >= 11 is 53.3. The van der Waals surface area contributed by atoms with Crippen LogP contribution in [0, 0.1) is 0 Å². The molecule has 1 amide bonds. The number of carboxylic acids is 1. The number of amides is 1. The number of allylic oxidation sites excluding steroid dienone is 6. The minimum atomic E-state index is -1.00. The maximum absolute atomic E-state index is 13.1. The quantitative estimate of drug-likeness (QED) is 0.0641. The van der Waals surface area contributed by atoms with Crippen LogP contribution in [0.3, 0.4) is 0 Å². The summed E-state index contributed by atoms with van der Waals surface area (Å²) in [7, 11) is 1.94. The number of rotatable bonds is 9. The molecular formula is C67H60Cl8N28O3S4. The Morgan fingerprint density at radius 1 is 0.445 bits per heavy atom. The number of anilines is 8. The van der Waals surface area contributed by atoms with Gasteiger partial charge in [0.2, 0.25) is 11.3 Å². The molecule has 14 aromatic rings. The van der Waals surface area contributed by atoms with E-state index in [9.17, 15) is 14.7 Å². The number of fused-ring (bicyclic) bond motifs is 6. The maximum Gasteiger partial charge on any atom is 0.335 e. The van der Waals surface area contributed by atoms with E-state index in [0.717, 1.165) is 121 Å². The van der Waals surface area contributed by atoms with Crippen molar-refractivity contribution in [1.29, 1.82) is 0 Å².